The number of methoxy groups -OCH3 is 1. The number of fused-ring (bicyclic) bond motifs is 1. The lowest BCUT2D eigenvalue weighted by molar-refractivity contribution is 0.415. The van der Waals surface area contributed by atoms with Gasteiger partial charge in [0.05, 0.1) is 13.7 Å². The minimum absolute atomic E-state index is 0.217. The molecule has 3 aromatic rings. The summed E-state index contributed by atoms with van der Waals surface area (Å²) < 4.78 is 7.20. The Balaban J connectivity index is 1.85. The molecule has 1 N–H and O–H groups in total. The highest BCUT2D eigenvalue weighted by atomic mass is 16.5. The van der Waals surface area contributed by atoms with Gasteiger partial charge in [0, 0.05) is 30.0 Å². The first kappa shape index (κ1) is 13.4. The Kier molecular flexibility index (Phi) is 3.73. The van der Waals surface area contributed by atoms with E-state index in [1.807, 2.05) is 47.4 Å². The van der Waals surface area contributed by atoms with Crippen LogP contribution < -0.4 is 10.1 Å². The van der Waals surface area contributed by atoms with Gasteiger partial charge in [-0.2, -0.15) is 5.10 Å². The van der Waals surface area contributed by atoms with Gasteiger partial charge in [-0.25, -0.2) is 4.98 Å². The third-order valence-corrected chi connectivity index (χ3v) is 3.38. The zero-order valence-corrected chi connectivity index (χ0v) is 12.2. The second kappa shape index (κ2) is 5.83. The molecule has 0 bridgehead atoms. The molecule has 21 heavy (non-hydrogen) atoms. The SMILES string of the molecule is COc1ccc2ccnc(NC(C)Cn3cccn3)c2c1. The van der Waals surface area contributed by atoms with E-state index in [0.717, 1.165) is 28.9 Å². The lowest BCUT2D eigenvalue weighted by atomic mass is 10.1. The van der Waals surface area contributed by atoms with Crippen molar-refractivity contribution in [2.45, 2.75) is 19.5 Å². The van der Waals surface area contributed by atoms with E-state index in [4.69, 9.17) is 4.74 Å². The monoisotopic (exact) mass is 282 g/mol. The minimum Gasteiger partial charge on any atom is -0.497 e. The van der Waals surface area contributed by atoms with Gasteiger partial charge in [-0.15, -0.1) is 0 Å². The van der Waals surface area contributed by atoms with E-state index < -0.39 is 0 Å². The first-order valence-corrected chi connectivity index (χ1v) is 6.93. The number of benzene rings is 1. The smallest absolute Gasteiger partial charge is 0.134 e. The Morgan fingerprint density at radius 1 is 1.29 bits per heavy atom. The third-order valence-electron chi connectivity index (χ3n) is 3.38. The Bertz CT molecular complexity index is 724. The fourth-order valence-corrected chi connectivity index (χ4v) is 2.36. The molecule has 0 saturated heterocycles. The van der Waals surface area contributed by atoms with Crippen molar-refractivity contribution in [3.63, 3.8) is 0 Å². The number of aromatic nitrogens is 3. The summed E-state index contributed by atoms with van der Waals surface area (Å²) in [4.78, 5) is 4.46. The quantitative estimate of drug-likeness (QED) is 0.781. The van der Waals surface area contributed by atoms with Crippen molar-refractivity contribution < 1.29 is 4.74 Å². The number of hydrogen-bond acceptors (Lipinski definition) is 4. The number of ether oxygens (including phenoxy) is 1. The van der Waals surface area contributed by atoms with Crippen molar-refractivity contribution in [1.29, 1.82) is 0 Å². The molecule has 0 fully saturated rings. The van der Waals surface area contributed by atoms with Crippen LogP contribution in [0.15, 0.2) is 48.9 Å². The van der Waals surface area contributed by atoms with Crippen molar-refractivity contribution in [3.8, 4) is 5.75 Å². The molecule has 0 aliphatic carbocycles. The normalized spacial score (nSPS) is 12.3. The number of nitrogens with one attached hydrogen (secondary N) is 1. The first-order chi connectivity index (χ1) is 10.3. The highest BCUT2D eigenvalue weighted by molar-refractivity contribution is 5.92. The summed E-state index contributed by atoms with van der Waals surface area (Å²) in [6.45, 7) is 2.90. The topological polar surface area (TPSA) is 52.0 Å². The molecule has 5 heteroatoms. The lowest BCUT2D eigenvalue weighted by Crippen LogP contribution is -2.22. The molecule has 1 atom stereocenters. The molecular formula is C16H18N4O. The summed E-state index contributed by atoms with van der Waals surface area (Å²) >= 11 is 0. The third kappa shape index (κ3) is 2.97. The Hall–Kier alpha value is -2.56. The van der Waals surface area contributed by atoms with Crippen LogP contribution in [0, 0.1) is 0 Å². The zero-order chi connectivity index (χ0) is 14.7. The Labute approximate surface area is 123 Å². The van der Waals surface area contributed by atoms with Crippen LogP contribution in [-0.4, -0.2) is 27.9 Å². The minimum atomic E-state index is 0.217. The highest BCUT2D eigenvalue weighted by Gasteiger charge is 2.08. The highest BCUT2D eigenvalue weighted by Crippen LogP contribution is 2.26. The van der Waals surface area contributed by atoms with Gasteiger partial charge in [0.2, 0.25) is 0 Å². The summed E-state index contributed by atoms with van der Waals surface area (Å²) in [6.07, 6.45) is 5.56. The summed E-state index contributed by atoms with van der Waals surface area (Å²) in [7, 11) is 1.67. The van der Waals surface area contributed by atoms with E-state index in [9.17, 15) is 0 Å². The fourth-order valence-electron chi connectivity index (χ4n) is 2.36. The van der Waals surface area contributed by atoms with Crippen LogP contribution in [-0.2, 0) is 6.54 Å². The molecule has 0 amide bonds. The van der Waals surface area contributed by atoms with Crippen molar-refractivity contribution in [1.82, 2.24) is 14.8 Å². The molecule has 0 radical (unpaired) electrons. The van der Waals surface area contributed by atoms with E-state index in [1.54, 1.807) is 13.3 Å². The van der Waals surface area contributed by atoms with Gasteiger partial charge in [0.15, 0.2) is 0 Å². The van der Waals surface area contributed by atoms with E-state index in [2.05, 4.69) is 22.3 Å². The molecule has 0 aliphatic heterocycles. The number of pyridine rings is 1. The largest absolute Gasteiger partial charge is 0.497 e. The lowest BCUT2D eigenvalue weighted by Gasteiger charge is -2.16. The second-order valence-electron chi connectivity index (χ2n) is 5.02. The van der Waals surface area contributed by atoms with Crippen molar-refractivity contribution in [3.05, 3.63) is 48.9 Å². The zero-order valence-electron chi connectivity index (χ0n) is 12.2. The van der Waals surface area contributed by atoms with Crippen molar-refractivity contribution in [2.24, 2.45) is 0 Å². The van der Waals surface area contributed by atoms with Gasteiger partial charge in [-0.3, -0.25) is 4.68 Å². The average molecular weight is 282 g/mol. The van der Waals surface area contributed by atoms with Crippen LogP contribution in [0.3, 0.4) is 0 Å². The summed E-state index contributed by atoms with van der Waals surface area (Å²) in [6, 6.07) is 10.1. The second-order valence-corrected chi connectivity index (χ2v) is 5.02. The van der Waals surface area contributed by atoms with Gasteiger partial charge in [-0.05, 0) is 36.6 Å². The molecule has 108 valence electrons. The van der Waals surface area contributed by atoms with E-state index >= 15 is 0 Å². The average Bonchev–Trinajstić information content (AvgIpc) is 3.00. The van der Waals surface area contributed by atoms with Crippen molar-refractivity contribution in [2.75, 3.05) is 12.4 Å². The maximum Gasteiger partial charge on any atom is 0.134 e. The van der Waals surface area contributed by atoms with Crippen LogP contribution >= 0.6 is 0 Å². The number of rotatable bonds is 5. The summed E-state index contributed by atoms with van der Waals surface area (Å²) in [5, 5.41) is 9.87. The summed E-state index contributed by atoms with van der Waals surface area (Å²) in [5.41, 5.74) is 0. The first-order valence-electron chi connectivity index (χ1n) is 6.93. The number of hydrogen-bond donors (Lipinski definition) is 1. The molecule has 2 heterocycles. The van der Waals surface area contributed by atoms with E-state index in [-0.39, 0.29) is 6.04 Å². The van der Waals surface area contributed by atoms with Gasteiger partial charge in [0.25, 0.3) is 0 Å². The van der Waals surface area contributed by atoms with Gasteiger partial charge in [-0.1, -0.05) is 6.07 Å². The molecule has 2 aromatic heterocycles. The van der Waals surface area contributed by atoms with E-state index in [1.165, 1.54) is 0 Å². The van der Waals surface area contributed by atoms with Gasteiger partial charge in [0.1, 0.15) is 11.6 Å². The van der Waals surface area contributed by atoms with Crippen molar-refractivity contribution >= 4 is 16.6 Å². The summed E-state index contributed by atoms with van der Waals surface area (Å²) in [5.74, 6) is 1.70. The van der Waals surface area contributed by atoms with Crippen LogP contribution in [0.2, 0.25) is 0 Å². The van der Waals surface area contributed by atoms with Crippen LogP contribution in [0.5, 0.6) is 5.75 Å². The molecule has 3 rings (SSSR count). The molecule has 1 aromatic carbocycles. The molecule has 1 unspecified atom stereocenters. The number of nitrogens with zero attached hydrogens (tertiary/aromatic N) is 3. The molecule has 5 nitrogen and oxygen atoms in total. The van der Waals surface area contributed by atoms with Crippen LogP contribution in [0.1, 0.15) is 6.92 Å². The maximum atomic E-state index is 5.30. The predicted octanol–water partition coefficient (Wildman–Crippen LogP) is 2.94. The Morgan fingerprint density at radius 2 is 2.19 bits per heavy atom. The van der Waals surface area contributed by atoms with Crippen LogP contribution in [0.25, 0.3) is 10.8 Å². The standard InChI is InChI=1S/C16H18N4O/c1-12(11-20-9-3-7-18-20)19-16-15-10-14(21-2)5-4-13(15)6-8-17-16/h3-10,12H,11H2,1-2H3,(H,17,19). The fraction of sp³-hybridized carbons (Fsp3) is 0.250. The van der Waals surface area contributed by atoms with Crippen LogP contribution in [0.4, 0.5) is 5.82 Å². The molecule has 0 aliphatic rings. The maximum absolute atomic E-state index is 5.30. The Morgan fingerprint density at radius 3 is 2.95 bits per heavy atom. The number of anilines is 1. The van der Waals surface area contributed by atoms with Gasteiger partial charge >= 0.3 is 0 Å². The molecular weight excluding hydrogens is 264 g/mol. The van der Waals surface area contributed by atoms with E-state index in [0.29, 0.717) is 0 Å². The molecule has 0 saturated carbocycles. The predicted molar refractivity (Wildman–Crippen MR) is 83.6 cm³/mol. The van der Waals surface area contributed by atoms with Gasteiger partial charge < -0.3 is 10.1 Å². The molecule has 0 spiro atoms.